The van der Waals surface area contributed by atoms with Crippen molar-refractivity contribution in [3.8, 4) is 0 Å². The summed E-state index contributed by atoms with van der Waals surface area (Å²) < 4.78 is 17.9. The van der Waals surface area contributed by atoms with Crippen molar-refractivity contribution >= 4 is 8.32 Å². The lowest BCUT2D eigenvalue weighted by Gasteiger charge is -2.39. The molecule has 1 saturated heterocycles. The van der Waals surface area contributed by atoms with E-state index < -0.39 is 8.32 Å². The van der Waals surface area contributed by atoms with Crippen LogP contribution in [-0.4, -0.2) is 40.3 Å². The van der Waals surface area contributed by atoms with Gasteiger partial charge in [0.25, 0.3) is 0 Å². The minimum Gasteiger partial charge on any atom is -0.414 e. The lowest BCUT2D eigenvalue weighted by Crippen LogP contribution is -2.46. The van der Waals surface area contributed by atoms with Crippen molar-refractivity contribution in [2.45, 2.75) is 64.0 Å². The molecule has 4 heteroatoms. The molecule has 0 unspecified atom stereocenters. The maximum Gasteiger partial charge on any atom is 0.192 e. The molecule has 0 spiro atoms. The van der Waals surface area contributed by atoms with Crippen LogP contribution >= 0.6 is 0 Å². The van der Waals surface area contributed by atoms with Crippen molar-refractivity contribution in [1.29, 1.82) is 0 Å². The minimum atomic E-state index is -1.71. The maximum absolute atomic E-state index is 6.25. The molecule has 0 amide bonds. The fourth-order valence-electron chi connectivity index (χ4n) is 1.86. The Hall–Kier alpha value is -0.163. The van der Waals surface area contributed by atoms with E-state index >= 15 is 0 Å². The van der Waals surface area contributed by atoms with Crippen molar-refractivity contribution < 1.29 is 13.9 Å². The molecule has 1 fully saturated rings. The molecule has 0 aromatic carbocycles. The molecular formula is C15H30O3Si. The molecule has 0 aliphatic carbocycles. The van der Waals surface area contributed by atoms with E-state index in [2.05, 4.69) is 40.4 Å². The van der Waals surface area contributed by atoms with Gasteiger partial charge in [0.1, 0.15) is 6.10 Å². The standard InChI is InChI=1S/C15H30O3Si/c1-7-10-16-13-9-8-11-17-14(13)12-18-19(5,6)15(2,3)4/h7,13-14H,1,8-12H2,2-6H3/t13-,14+/m0/s1. The Bertz CT molecular complexity index is 284. The van der Waals surface area contributed by atoms with E-state index in [0.29, 0.717) is 13.2 Å². The van der Waals surface area contributed by atoms with Gasteiger partial charge in [-0.05, 0) is 31.0 Å². The highest BCUT2D eigenvalue weighted by Gasteiger charge is 2.38. The molecule has 19 heavy (non-hydrogen) atoms. The zero-order valence-electron chi connectivity index (χ0n) is 13.2. The highest BCUT2D eigenvalue weighted by Crippen LogP contribution is 2.37. The van der Waals surface area contributed by atoms with Crippen LogP contribution in [0.15, 0.2) is 12.7 Å². The first kappa shape index (κ1) is 16.9. The van der Waals surface area contributed by atoms with Gasteiger partial charge in [-0.1, -0.05) is 26.8 Å². The van der Waals surface area contributed by atoms with Gasteiger partial charge in [-0.25, -0.2) is 0 Å². The second kappa shape index (κ2) is 7.02. The third kappa shape index (κ3) is 5.03. The Morgan fingerprint density at radius 1 is 1.37 bits per heavy atom. The monoisotopic (exact) mass is 286 g/mol. The summed E-state index contributed by atoms with van der Waals surface area (Å²) in [7, 11) is -1.71. The van der Waals surface area contributed by atoms with E-state index in [0.717, 1.165) is 19.4 Å². The number of ether oxygens (including phenoxy) is 2. The first-order valence-electron chi connectivity index (χ1n) is 7.26. The quantitative estimate of drug-likeness (QED) is 0.549. The largest absolute Gasteiger partial charge is 0.414 e. The molecular weight excluding hydrogens is 256 g/mol. The van der Waals surface area contributed by atoms with Crippen molar-refractivity contribution in [2.24, 2.45) is 0 Å². The van der Waals surface area contributed by atoms with E-state index in [4.69, 9.17) is 13.9 Å². The van der Waals surface area contributed by atoms with Crippen molar-refractivity contribution in [3.05, 3.63) is 12.7 Å². The highest BCUT2D eigenvalue weighted by molar-refractivity contribution is 6.74. The fraction of sp³-hybridized carbons (Fsp3) is 0.867. The average Bonchev–Trinajstić information content (AvgIpc) is 2.33. The fourth-order valence-corrected chi connectivity index (χ4v) is 2.87. The average molecular weight is 286 g/mol. The molecule has 1 aliphatic heterocycles. The third-order valence-electron chi connectivity index (χ3n) is 4.22. The Morgan fingerprint density at radius 3 is 2.63 bits per heavy atom. The summed E-state index contributed by atoms with van der Waals surface area (Å²) in [5.74, 6) is 0. The summed E-state index contributed by atoms with van der Waals surface area (Å²) in [6, 6.07) is 0. The first-order chi connectivity index (χ1) is 8.78. The highest BCUT2D eigenvalue weighted by atomic mass is 28.4. The molecule has 3 nitrogen and oxygen atoms in total. The number of hydrogen-bond acceptors (Lipinski definition) is 3. The molecule has 1 aliphatic rings. The normalized spacial score (nSPS) is 25.3. The summed E-state index contributed by atoms with van der Waals surface area (Å²) >= 11 is 0. The van der Waals surface area contributed by atoms with Crippen LogP contribution in [0.5, 0.6) is 0 Å². The van der Waals surface area contributed by atoms with Crippen molar-refractivity contribution in [2.75, 3.05) is 19.8 Å². The maximum atomic E-state index is 6.25. The third-order valence-corrected chi connectivity index (χ3v) is 8.72. The second-order valence-corrected chi connectivity index (χ2v) is 11.6. The van der Waals surface area contributed by atoms with Crippen LogP contribution in [0.3, 0.4) is 0 Å². The Morgan fingerprint density at radius 2 is 2.05 bits per heavy atom. The summed E-state index contributed by atoms with van der Waals surface area (Å²) in [5.41, 5.74) is 0. The molecule has 0 saturated carbocycles. The van der Waals surface area contributed by atoms with Crippen LogP contribution in [0.4, 0.5) is 0 Å². The predicted octanol–water partition coefficient (Wildman–Crippen LogP) is 3.76. The van der Waals surface area contributed by atoms with Gasteiger partial charge in [-0.15, -0.1) is 6.58 Å². The van der Waals surface area contributed by atoms with E-state index in [1.807, 2.05) is 0 Å². The smallest absolute Gasteiger partial charge is 0.192 e. The molecule has 0 N–H and O–H groups in total. The summed E-state index contributed by atoms with van der Waals surface area (Å²) in [5, 5.41) is 0.235. The van der Waals surface area contributed by atoms with Gasteiger partial charge in [-0.2, -0.15) is 0 Å². The van der Waals surface area contributed by atoms with Gasteiger partial charge in [0, 0.05) is 6.61 Å². The van der Waals surface area contributed by atoms with Crippen LogP contribution in [0.1, 0.15) is 33.6 Å². The molecule has 0 radical (unpaired) electrons. The van der Waals surface area contributed by atoms with Crippen LogP contribution in [-0.2, 0) is 13.9 Å². The van der Waals surface area contributed by atoms with Crippen LogP contribution < -0.4 is 0 Å². The number of rotatable bonds is 6. The van der Waals surface area contributed by atoms with Gasteiger partial charge in [0.05, 0.1) is 19.3 Å². The molecule has 0 aromatic heterocycles. The van der Waals surface area contributed by atoms with Gasteiger partial charge in [0.2, 0.25) is 0 Å². The van der Waals surface area contributed by atoms with E-state index in [9.17, 15) is 0 Å². The molecule has 112 valence electrons. The SMILES string of the molecule is C=CCO[C@H]1CCCO[C@@H]1CO[Si](C)(C)C(C)(C)C. The van der Waals surface area contributed by atoms with Gasteiger partial charge < -0.3 is 13.9 Å². The lowest BCUT2D eigenvalue weighted by atomic mass is 10.1. The predicted molar refractivity (Wildman–Crippen MR) is 82.1 cm³/mol. The van der Waals surface area contributed by atoms with Gasteiger partial charge in [0.15, 0.2) is 8.32 Å². The van der Waals surface area contributed by atoms with Gasteiger partial charge >= 0.3 is 0 Å². The van der Waals surface area contributed by atoms with Crippen LogP contribution in [0.25, 0.3) is 0 Å². The molecule has 1 rings (SSSR count). The zero-order chi connectivity index (χ0) is 14.5. The number of hydrogen-bond donors (Lipinski definition) is 0. The van der Waals surface area contributed by atoms with E-state index in [1.54, 1.807) is 6.08 Å². The minimum absolute atomic E-state index is 0.0721. The Kier molecular flexibility index (Phi) is 6.24. The van der Waals surface area contributed by atoms with Crippen LogP contribution in [0.2, 0.25) is 18.1 Å². The lowest BCUT2D eigenvalue weighted by molar-refractivity contribution is -0.114. The van der Waals surface area contributed by atoms with Crippen molar-refractivity contribution in [3.63, 3.8) is 0 Å². The topological polar surface area (TPSA) is 27.7 Å². The molecule has 2 atom stereocenters. The molecule has 1 heterocycles. The summed E-state index contributed by atoms with van der Waals surface area (Å²) in [6.45, 7) is 17.1. The van der Waals surface area contributed by atoms with E-state index in [1.165, 1.54) is 0 Å². The van der Waals surface area contributed by atoms with Gasteiger partial charge in [-0.3, -0.25) is 0 Å². The first-order valence-corrected chi connectivity index (χ1v) is 10.2. The summed E-state index contributed by atoms with van der Waals surface area (Å²) in [6.07, 6.45) is 4.14. The Balaban J connectivity index is 2.51. The summed E-state index contributed by atoms with van der Waals surface area (Å²) in [4.78, 5) is 0. The van der Waals surface area contributed by atoms with E-state index in [-0.39, 0.29) is 17.2 Å². The molecule has 0 aromatic rings. The molecule has 0 bridgehead atoms. The van der Waals surface area contributed by atoms with Crippen LogP contribution in [0, 0.1) is 0 Å². The zero-order valence-corrected chi connectivity index (χ0v) is 14.2. The van der Waals surface area contributed by atoms with Crippen molar-refractivity contribution in [1.82, 2.24) is 0 Å². The second-order valence-electron chi connectivity index (χ2n) is 6.78. The Labute approximate surface area is 119 Å².